The molecule has 0 radical (unpaired) electrons. The molecule has 2 rings (SSSR count). The van der Waals surface area contributed by atoms with E-state index in [1.54, 1.807) is 18.2 Å². The van der Waals surface area contributed by atoms with Crippen molar-refractivity contribution in [2.75, 3.05) is 39.3 Å². The lowest BCUT2D eigenvalue weighted by atomic mass is 10.1. The van der Waals surface area contributed by atoms with Crippen molar-refractivity contribution in [1.82, 2.24) is 9.80 Å². The van der Waals surface area contributed by atoms with Crippen molar-refractivity contribution in [3.63, 3.8) is 0 Å². The van der Waals surface area contributed by atoms with E-state index >= 15 is 0 Å². The molecule has 1 aromatic carbocycles. The molecule has 1 aliphatic heterocycles. The molecule has 1 heterocycles. The van der Waals surface area contributed by atoms with E-state index in [1.165, 1.54) is 6.07 Å². The Morgan fingerprint density at radius 1 is 1.10 bits per heavy atom. The molecule has 1 aliphatic rings. The van der Waals surface area contributed by atoms with Crippen LogP contribution in [0.25, 0.3) is 0 Å². The minimum absolute atomic E-state index is 0.313. The molecule has 21 heavy (non-hydrogen) atoms. The van der Waals surface area contributed by atoms with Gasteiger partial charge in [-0.25, -0.2) is 4.39 Å². The van der Waals surface area contributed by atoms with E-state index in [1.807, 2.05) is 0 Å². The highest BCUT2D eigenvalue weighted by atomic mass is 19.1. The van der Waals surface area contributed by atoms with E-state index in [4.69, 9.17) is 0 Å². The van der Waals surface area contributed by atoms with Crippen LogP contribution in [0.4, 0.5) is 4.39 Å². The summed E-state index contributed by atoms with van der Waals surface area (Å²) < 4.78 is 13.6. The van der Waals surface area contributed by atoms with Crippen molar-refractivity contribution >= 4 is 0 Å². The lowest BCUT2D eigenvalue weighted by molar-refractivity contribution is 0.0959. The maximum atomic E-state index is 13.6. The average Bonchev–Trinajstić information content (AvgIpc) is 2.46. The topological polar surface area (TPSA) is 26.7 Å². The largest absolute Gasteiger partial charge is 0.388 e. The van der Waals surface area contributed by atoms with Crippen LogP contribution in [-0.2, 0) is 0 Å². The summed E-state index contributed by atoms with van der Waals surface area (Å²) >= 11 is 0. The second-order valence-electron chi connectivity index (χ2n) is 6.36. The van der Waals surface area contributed by atoms with Gasteiger partial charge in [0, 0.05) is 44.8 Å². The van der Waals surface area contributed by atoms with E-state index in [0.29, 0.717) is 17.9 Å². The molecule has 1 N–H and O–H groups in total. The Morgan fingerprint density at radius 3 is 2.33 bits per heavy atom. The first-order valence-corrected chi connectivity index (χ1v) is 7.93. The van der Waals surface area contributed by atoms with Crippen LogP contribution in [0, 0.1) is 11.7 Å². The highest BCUT2D eigenvalue weighted by Crippen LogP contribution is 2.20. The molecule has 1 saturated heterocycles. The maximum Gasteiger partial charge on any atom is 0.128 e. The lowest BCUT2D eigenvalue weighted by Gasteiger charge is -2.35. The molecule has 1 unspecified atom stereocenters. The summed E-state index contributed by atoms with van der Waals surface area (Å²) in [6.45, 7) is 10.7. The molecule has 1 fully saturated rings. The van der Waals surface area contributed by atoms with Crippen LogP contribution in [0.2, 0.25) is 0 Å². The summed E-state index contributed by atoms with van der Waals surface area (Å²) in [5, 5.41) is 10.1. The van der Waals surface area contributed by atoms with Crippen LogP contribution in [0.3, 0.4) is 0 Å². The Hall–Kier alpha value is -0.970. The summed E-state index contributed by atoms with van der Waals surface area (Å²) in [7, 11) is 0. The zero-order valence-corrected chi connectivity index (χ0v) is 13.1. The zero-order chi connectivity index (χ0) is 15.2. The zero-order valence-electron chi connectivity index (χ0n) is 13.1. The van der Waals surface area contributed by atoms with Crippen molar-refractivity contribution in [3.05, 3.63) is 35.6 Å². The maximum absolute atomic E-state index is 13.6. The number of aliphatic hydroxyl groups excluding tert-OH is 1. The second-order valence-corrected chi connectivity index (χ2v) is 6.36. The number of rotatable bonds is 6. The summed E-state index contributed by atoms with van der Waals surface area (Å²) in [5.74, 6) is 0.395. The van der Waals surface area contributed by atoms with Gasteiger partial charge in [0.15, 0.2) is 0 Å². The third-order valence-electron chi connectivity index (χ3n) is 4.07. The van der Waals surface area contributed by atoms with E-state index in [9.17, 15) is 9.50 Å². The fraction of sp³-hybridized carbons (Fsp3) is 0.647. The normalized spacial score (nSPS) is 19.1. The van der Waals surface area contributed by atoms with E-state index in [0.717, 1.165) is 39.3 Å². The monoisotopic (exact) mass is 294 g/mol. The van der Waals surface area contributed by atoms with Gasteiger partial charge in [-0.05, 0) is 18.4 Å². The van der Waals surface area contributed by atoms with Gasteiger partial charge in [0.1, 0.15) is 5.82 Å². The number of piperazine rings is 1. The van der Waals surface area contributed by atoms with Gasteiger partial charge >= 0.3 is 0 Å². The number of hydrogen-bond donors (Lipinski definition) is 1. The van der Waals surface area contributed by atoms with Crippen molar-refractivity contribution in [1.29, 1.82) is 0 Å². The minimum Gasteiger partial charge on any atom is -0.388 e. The summed E-state index contributed by atoms with van der Waals surface area (Å²) in [6, 6.07) is 6.50. The molecule has 1 atom stereocenters. The summed E-state index contributed by atoms with van der Waals surface area (Å²) in [5.41, 5.74) is 0.413. The third kappa shape index (κ3) is 5.06. The molecule has 0 aliphatic carbocycles. The Balaban J connectivity index is 1.73. The molecule has 4 heteroatoms. The molecule has 0 saturated carbocycles. The fourth-order valence-electron chi connectivity index (χ4n) is 2.92. The molecule has 0 amide bonds. The van der Waals surface area contributed by atoms with Gasteiger partial charge in [0.2, 0.25) is 0 Å². The lowest BCUT2D eigenvalue weighted by Crippen LogP contribution is -2.47. The summed E-state index contributed by atoms with van der Waals surface area (Å²) in [4.78, 5) is 4.86. The molecule has 1 aromatic rings. The Morgan fingerprint density at radius 2 is 1.71 bits per heavy atom. The van der Waals surface area contributed by atoms with Gasteiger partial charge in [-0.15, -0.1) is 0 Å². The van der Waals surface area contributed by atoms with E-state index in [-0.39, 0.29) is 5.82 Å². The van der Waals surface area contributed by atoms with Gasteiger partial charge in [-0.3, -0.25) is 0 Å². The molecule has 118 valence electrons. The van der Waals surface area contributed by atoms with Crippen LogP contribution >= 0.6 is 0 Å². The van der Waals surface area contributed by atoms with Gasteiger partial charge in [-0.2, -0.15) is 0 Å². The van der Waals surface area contributed by atoms with Crippen LogP contribution in [0.1, 0.15) is 31.9 Å². The average molecular weight is 294 g/mol. The smallest absolute Gasteiger partial charge is 0.128 e. The van der Waals surface area contributed by atoms with Gasteiger partial charge in [-0.1, -0.05) is 32.0 Å². The number of hydrogen-bond acceptors (Lipinski definition) is 3. The van der Waals surface area contributed by atoms with E-state index < -0.39 is 6.10 Å². The molecular formula is C17H27FN2O. The second kappa shape index (κ2) is 7.87. The van der Waals surface area contributed by atoms with Crippen LogP contribution in [0.5, 0.6) is 0 Å². The number of halogens is 1. The standard InChI is InChI=1S/C17H27FN2O/c1-14(2)13-20-11-9-19(10-12-20)8-7-17(21)15-5-3-4-6-16(15)18/h3-6,14,17,21H,7-13H2,1-2H3. The third-order valence-corrected chi connectivity index (χ3v) is 4.07. The molecule has 0 spiro atoms. The molecule has 0 bridgehead atoms. The quantitative estimate of drug-likeness (QED) is 0.873. The Kier molecular flexibility index (Phi) is 6.15. The van der Waals surface area contributed by atoms with Crippen LogP contribution in [0.15, 0.2) is 24.3 Å². The first kappa shape index (κ1) is 16.4. The number of aliphatic hydroxyl groups is 1. The minimum atomic E-state index is -0.708. The van der Waals surface area contributed by atoms with Crippen molar-refractivity contribution in [2.45, 2.75) is 26.4 Å². The Labute approximate surface area is 127 Å². The predicted octanol–water partition coefficient (Wildman–Crippen LogP) is 2.52. The van der Waals surface area contributed by atoms with Crippen molar-refractivity contribution in [3.8, 4) is 0 Å². The highest BCUT2D eigenvalue weighted by molar-refractivity contribution is 5.19. The van der Waals surface area contributed by atoms with Crippen molar-refractivity contribution < 1.29 is 9.50 Å². The van der Waals surface area contributed by atoms with E-state index in [2.05, 4.69) is 23.6 Å². The van der Waals surface area contributed by atoms with Crippen LogP contribution in [-0.4, -0.2) is 54.2 Å². The molecule has 0 aromatic heterocycles. The molecular weight excluding hydrogens is 267 g/mol. The number of benzene rings is 1. The van der Waals surface area contributed by atoms with Gasteiger partial charge < -0.3 is 14.9 Å². The molecule has 3 nitrogen and oxygen atoms in total. The Bertz CT molecular complexity index is 431. The summed E-state index contributed by atoms with van der Waals surface area (Å²) in [6.07, 6.45) is -0.120. The van der Waals surface area contributed by atoms with Crippen molar-refractivity contribution in [2.24, 2.45) is 5.92 Å². The van der Waals surface area contributed by atoms with Gasteiger partial charge in [0.25, 0.3) is 0 Å². The predicted molar refractivity (Wildman–Crippen MR) is 83.7 cm³/mol. The van der Waals surface area contributed by atoms with Gasteiger partial charge in [0.05, 0.1) is 6.10 Å². The number of nitrogens with zero attached hydrogens (tertiary/aromatic N) is 2. The first-order valence-electron chi connectivity index (χ1n) is 7.93. The first-order chi connectivity index (χ1) is 10.1. The van der Waals surface area contributed by atoms with Crippen LogP contribution < -0.4 is 0 Å². The fourth-order valence-corrected chi connectivity index (χ4v) is 2.92. The highest BCUT2D eigenvalue weighted by Gasteiger charge is 2.19. The SMILES string of the molecule is CC(C)CN1CCN(CCC(O)c2ccccc2F)CC1.